The van der Waals surface area contributed by atoms with E-state index in [9.17, 15) is 0 Å². The molecule has 16 heavy (non-hydrogen) atoms. The molecule has 0 atom stereocenters. The first-order valence-corrected chi connectivity index (χ1v) is 5.30. The average molecular weight is 208 g/mol. The Morgan fingerprint density at radius 3 is 2.75 bits per heavy atom. The molecule has 0 aliphatic rings. The van der Waals surface area contributed by atoms with Gasteiger partial charge in [0.1, 0.15) is 0 Å². The molecular weight excluding hydrogens is 196 g/mol. The molecule has 3 rings (SSSR count). The second-order valence-corrected chi connectivity index (χ2v) is 3.89. The fraction of sp³-hybridized carbons (Fsp3) is 0.0714. The molecule has 0 spiro atoms. The van der Waals surface area contributed by atoms with Gasteiger partial charge in [-0.3, -0.25) is 4.98 Å². The number of aryl methyl sites for hydroxylation is 1. The van der Waals surface area contributed by atoms with Crippen LogP contribution in [0.5, 0.6) is 0 Å². The van der Waals surface area contributed by atoms with E-state index in [0.717, 1.165) is 22.2 Å². The minimum Gasteiger partial charge on any atom is -0.315 e. The van der Waals surface area contributed by atoms with E-state index in [0.29, 0.717) is 0 Å². The third kappa shape index (κ3) is 1.10. The highest BCUT2D eigenvalue weighted by Crippen LogP contribution is 2.27. The summed E-state index contributed by atoms with van der Waals surface area (Å²) in [4.78, 5) is 4.60. The van der Waals surface area contributed by atoms with Crippen LogP contribution in [-0.2, 0) is 0 Å². The van der Waals surface area contributed by atoms with Crippen molar-refractivity contribution in [2.45, 2.75) is 6.92 Å². The first-order valence-electron chi connectivity index (χ1n) is 5.30. The Morgan fingerprint density at radius 1 is 1.12 bits per heavy atom. The molecule has 0 aliphatic carbocycles. The number of aromatic nitrogens is 2. The number of hydrogen-bond acceptors (Lipinski definition) is 1. The Balaban J connectivity index is 2.64. The van der Waals surface area contributed by atoms with Crippen molar-refractivity contribution >= 4 is 28.1 Å². The standard InChI is InChI=1S/C14H12N2/c1-3-16-12-7-5-4-6-11(12)14-13(16)9-8-10(2)15-14/h3-9H,1H2,2H3. The molecule has 1 aromatic carbocycles. The van der Waals surface area contributed by atoms with Crippen LogP contribution in [0.15, 0.2) is 43.0 Å². The van der Waals surface area contributed by atoms with Crippen molar-refractivity contribution < 1.29 is 0 Å². The second kappa shape index (κ2) is 3.20. The van der Waals surface area contributed by atoms with Gasteiger partial charge in [0.2, 0.25) is 0 Å². The Hall–Kier alpha value is -2.09. The SMILES string of the molecule is C=Cn1c2ccccc2c2nc(C)ccc21. The normalized spacial score (nSPS) is 11.1. The molecule has 0 N–H and O–H groups in total. The van der Waals surface area contributed by atoms with Gasteiger partial charge >= 0.3 is 0 Å². The first kappa shape index (κ1) is 9.16. The van der Waals surface area contributed by atoms with Crippen LogP contribution in [0.25, 0.3) is 28.1 Å². The molecule has 2 aromatic heterocycles. The fourth-order valence-corrected chi connectivity index (χ4v) is 2.15. The van der Waals surface area contributed by atoms with E-state index in [1.165, 1.54) is 5.39 Å². The number of hydrogen-bond donors (Lipinski definition) is 0. The van der Waals surface area contributed by atoms with Crippen LogP contribution in [0.3, 0.4) is 0 Å². The summed E-state index contributed by atoms with van der Waals surface area (Å²) in [5, 5.41) is 1.18. The van der Waals surface area contributed by atoms with Crippen molar-refractivity contribution in [2.75, 3.05) is 0 Å². The van der Waals surface area contributed by atoms with Gasteiger partial charge in [-0.1, -0.05) is 24.8 Å². The number of fused-ring (bicyclic) bond motifs is 3. The zero-order valence-corrected chi connectivity index (χ0v) is 9.14. The van der Waals surface area contributed by atoms with E-state index >= 15 is 0 Å². The van der Waals surface area contributed by atoms with Gasteiger partial charge < -0.3 is 4.57 Å². The maximum absolute atomic E-state index is 4.60. The van der Waals surface area contributed by atoms with Gasteiger partial charge in [0.15, 0.2) is 0 Å². The van der Waals surface area contributed by atoms with Crippen molar-refractivity contribution in [2.24, 2.45) is 0 Å². The van der Waals surface area contributed by atoms with Crippen molar-refractivity contribution in [3.8, 4) is 0 Å². The average Bonchev–Trinajstić information content (AvgIpc) is 2.62. The molecule has 0 radical (unpaired) electrons. The number of para-hydroxylation sites is 1. The van der Waals surface area contributed by atoms with E-state index in [-0.39, 0.29) is 0 Å². The van der Waals surface area contributed by atoms with Crippen molar-refractivity contribution in [3.63, 3.8) is 0 Å². The molecule has 3 aromatic rings. The molecule has 2 nitrogen and oxygen atoms in total. The van der Waals surface area contributed by atoms with E-state index in [2.05, 4.69) is 34.3 Å². The molecule has 0 amide bonds. The smallest absolute Gasteiger partial charge is 0.0966 e. The lowest BCUT2D eigenvalue weighted by Crippen LogP contribution is -1.85. The molecule has 0 saturated heterocycles. The van der Waals surface area contributed by atoms with E-state index in [1.807, 2.05) is 31.3 Å². The van der Waals surface area contributed by atoms with Crippen LogP contribution in [0.1, 0.15) is 5.69 Å². The van der Waals surface area contributed by atoms with Gasteiger partial charge in [0.25, 0.3) is 0 Å². The Morgan fingerprint density at radius 2 is 1.94 bits per heavy atom. The summed E-state index contributed by atoms with van der Waals surface area (Å²) in [6.45, 7) is 5.87. The van der Waals surface area contributed by atoms with Gasteiger partial charge in [-0.05, 0) is 25.1 Å². The van der Waals surface area contributed by atoms with E-state index in [4.69, 9.17) is 0 Å². The van der Waals surface area contributed by atoms with Crippen LogP contribution in [0, 0.1) is 6.92 Å². The highest BCUT2D eigenvalue weighted by molar-refractivity contribution is 6.07. The first-order chi connectivity index (χ1) is 7.81. The zero-order valence-electron chi connectivity index (χ0n) is 9.14. The van der Waals surface area contributed by atoms with Crippen molar-refractivity contribution in [1.82, 2.24) is 9.55 Å². The van der Waals surface area contributed by atoms with E-state index < -0.39 is 0 Å². The monoisotopic (exact) mass is 208 g/mol. The lowest BCUT2D eigenvalue weighted by atomic mass is 10.2. The number of benzene rings is 1. The van der Waals surface area contributed by atoms with Crippen molar-refractivity contribution in [3.05, 3.63) is 48.7 Å². The molecule has 0 aliphatic heterocycles. The maximum Gasteiger partial charge on any atom is 0.0966 e. The summed E-state index contributed by atoms with van der Waals surface area (Å²) in [6, 6.07) is 12.4. The number of nitrogens with zero attached hydrogens (tertiary/aromatic N) is 2. The second-order valence-electron chi connectivity index (χ2n) is 3.89. The van der Waals surface area contributed by atoms with Gasteiger partial charge in [0.05, 0.1) is 16.6 Å². The molecule has 2 heteroatoms. The third-order valence-corrected chi connectivity index (χ3v) is 2.87. The highest BCUT2D eigenvalue weighted by atomic mass is 15.0. The lowest BCUT2D eigenvalue weighted by molar-refractivity contribution is 1.23. The molecule has 0 bridgehead atoms. The summed E-state index contributed by atoms with van der Waals surface area (Å²) in [7, 11) is 0. The minimum absolute atomic E-state index is 1.04. The van der Waals surface area contributed by atoms with Crippen LogP contribution in [-0.4, -0.2) is 9.55 Å². The van der Waals surface area contributed by atoms with E-state index in [1.54, 1.807) is 0 Å². The molecule has 78 valence electrons. The summed E-state index contributed by atoms with van der Waals surface area (Å²) in [6.07, 6.45) is 1.84. The topological polar surface area (TPSA) is 17.8 Å². The molecule has 0 fully saturated rings. The maximum atomic E-state index is 4.60. The van der Waals surface area contributed by atoms with Crippen LogP contribution >= 0.6 is 0 Å². The van der Waals surface area contributed by atoms with Crippen LogP contribution in [0.2, 0.25) is 0 Å². The molecule has 0 saturated carbocycles. The summed E-state index contributed by atoms with van der Waals surface area (Å²) in [5.41, 5.74) is 4.36. The number of rotatable bonds is 1. The Labute approximate surface area is 93.8 Å². The lowest BCUT2D eigenvalue weighted by Gasteiger charge is -1.98. The molecule has 2 heterocycles. The fourth-order valence-electron chi connectivity index (χ4n) is 2.15. The Kier molecular flexibility index (Phi) is 1.83. The quantitative estimate of drug-likeness (QED) is 0.597. The zero-order chi connectivity index (χ0) is 11.1. The van der Waals surface area contributed by atoms with Gasteiger partial charge in [0, 0.05) is 17.3 Å². The minimum atomic E-state index is 1.04. The van der Waals surface area contributed by atoms with Gasteiger partial charge in [-0.15, -0.1) is 0 Å². The van der Waals surface area contributed by atoms with Crippen molar-refractivity contribution in [1.29, 1.82) is 0 Å². The van der Waals surface area contributed by atoms with Gasteiger partial charge in [-0.25, -0.2) is 0 Å². The summed E-state index contributed by atoms with van der Waals surface area (Å²) in [5.74, 6) is 0. The predicted molar refractivity (Wildman–Crippen MR) is 68.4 cm³/mol. The molecular formula is C14H12N2. The van der Waals surface area contributed by atoms with Gasteiger partial charge in [-0.2, -0.15) is 0 Å². The Bertz CT molecular complexity index is 692. The van der Waals surface area contributed by atoms with Crippen LogP contribution in [0.4, 0.5) is 0 Å². The predicted octanol–water partition coefficient (Wildman–Crippen LogP) is 3.60. The number of pyridine rings is 1. The van der Waals surface area contributed by atoms with Crippen LogP contribution < -0.4 is 0 Å². The summed E-state index contributed by atoms with van der Waals surface area (Å²) >= 11 is 0. The highest BCUT2D eigenvalue weighted by Gasteiger charge is 2.08. The third-order valence-electron chi connectivity index (χ3n) is 2.87. The summed E-state index contributed by atoms with van der Waals surface area (Å²) < 4.78 is 2.08. The largest absolute Gasteiger partial charge is 0.315 e. The molecule has 0 unspecified atom stereocenters.